The van der Waals surface area contributed by atoms with Gasteiger partial charge in [-0.25, -0.2) is 0 Å². The number of aryl methyl sites for hydroxylation is 2. The largest absolute Gasteiger partial charge is 0.482 e. The number of para-hydroxylation sites is 2. The zero-order valence-corrected chi connectivity index (χ0v) is 15.6. The summed E-state index contributed by atoms with van der Waals surface area (Å²) in [5, 5.41) is 2.95. The minimum atomic E-state index is -0.624. The summed E-state index contributed by atoms with van der Waals surface area (Å²) in [5.74, 6) is 1.98. The number of fused-ring (bicyclic) bond motifs is 1. The summed E-state index contributed by atoms with van der Waals surface area (Å²) in [7, 11) is 0. The van der Waals surface area contributed by atoms with Gasteiger partial charge >= 0.3 is 0 Å². The second-order valence-corrected chi connectivity index (χ2v) is 7.36. The summed E-state index contributed by atoms with van der Waals surface area (Å²) >= 11 is 1.73. The molecule has 1 N–H and O–H groups in total. The van der Waals surface area contributed by atoms with Crippen molar-refractivity contribution in [2.45, 2.75) is 37.9 Å². The quantitative estimate of drug-likeness (QED) is 0.654. The van der Waals surface area contributed by atoms with E-state index in [1.54, 1.807) is 11.8 Å². The maximum atomic E-state index is 12.4. The molecule has 0 spiro atoms. The van der Waals surface area contributed by atoms with E-state index >= 15 is 0 Å². The van der Waals surface area contributed by atoms with Gasteiger partial charge in [0.2, 0.25) is 6.10 Å². The van der Waals surface area contributed by atoms with Crippen molar-refractivity contribution in [3.63, 3.8) is 0 Å². The van der Waals surface area contributed by atoms with Gasteiger partial charge < -0.3 is 14.8 Å². The van der Waals surface area contributed by atoms with Crippen LogP contribution in [0.2, 0.25) is 0 Å². The van der Waals surface area contributed by atoms with E-state index < -0.39 is 6.10 Å². The Hall–Kier alpha value is -2.14. The van der Waals surface area contributed by atoms with Crippen LogP contribution in [0, 0.1) is 13.8 Å². The van der Waals surface area contributed by atoms with Crippen molar-refractivity contribution in [2.75, 3.05) is 12.3 Å². The average molecular weight is 357 g/mol. The fourth-order valence-corrected chi connectivity index (χ4v) is 3.52. The van der Waals surface area contributed by atoms with Gasteiger partial charge in [0.1, 0.15) is 6.10 Å². The van der Waals surface area contributed by atoms with Crippen LogP contribution in [-0.4, -0.2) is 30.4 Å². The standard InChI is InChI=1S/C20H23NO3S/c1-13-8-9-16(12-14(13)2)25-11-10-21-20(22)19-15(3)23-17-6-4-5-7-18(17)24-19/h4-9,12,15,19H,10-11H2,1-3H3,(H,21,22). The SMILES string of the molecule is Cc1ccc(SCCNC(=O)C2Oc3ccccc3OC2C)cc1C. The first kappa shape index (κ1) is 17.7. The molecule has 2 unspecified atom stereocenters. The number of carbonyl (C=O) groups is 1. The van der Waals surface area contributed by atoms with Crippen molar-refractivity contribution in [1.29, 1.82) is 0 Å². The number of hydrogen-bond acceptors (Lipinski definition) is 4. The summed E-state index contributed by atoms with van der Waals surface area (Å²) in [6, 6.07) is 13.8. The van der Waals surface area contributed by atoms with Gasteiger partial charge in [0.05, 0.1) is 0 Å². The minimum absolute atomic E-state index is 0.136. The minimum Gasteiger partial charge on any atom is -0.482 e. The van der Waals surface area contributed by atoms with Crippen LogP contribution >= 0.6 is 11.8 Å². The van der Waals surface area contributed by atoms with Crippen LogP contribution in [0.4, 0.5) is 0 Å². The third kappa shape index (κ3) is 4.28. The van der Waals surface area contributed by atoms with E-state index in [0.29, 0.717) is 18.0 Å². The lowest BCUT2D eigenvalue weighted by Gasteiger charge is -2.31. The Labute approximate surface area is 152 Å². The van der Waals surface area contributed by atoms with Crippen LogP contribution < -0.4 is 14.8 Å². The number of rotatable bonds is 5. The number of thioether (sulfide) groups is 1. The highest BCUT2D eigenvalue weighted by molar-refractivity contribution is 7.99. The lowest BCUT2D eigenvalue weighted by molar-refractivity contribution is -0.133. The highest BCUT2D eigenvalue weighted by atomic mass is 32.2. The third-order valence-corrected chi connectivity index (χ3v) is 5.24. The first-order valence-electron chi connectivity index (χ1n) is 8.44. The van der Waals surface area contributed by atoms with Gasteiger partial charge in [-0.05, 0) is 56.2 Å². The van der Waals surface area contributed by atoms with Crippen LogP contribution in [0.1, 0.15) is 18.1 Å². The molecule has 1 aliphatic heterocycles. The van der Waals surface area contributed by atoms with E-state index in [4.69, 9.17) is 9.47 Å². The molecule has 132 valence electrons. The molecule has 2 aromatic carbocycles. The molecule has 2 aromatic rings. The molecule has 1 amide bonds. The highest BCUT2D eigenvalue weighted by Crippen LogP contribution is 2.33. The maximum absolute atomic E-state index is 12.4. The molecular weight excluding hydrogens is 334 g/mol. The number of ether oxygens (including phenoxy) is 2. The zero-order chi connectivity index (χ0) is 17.8. The Morgan fingerprint density at radius 1 is 1.08 bits per heavy atom. The Morgan fingerprint density at radius 3 is 2.52 bits per heavy atom. The monoisotopic (exact) mass is 357 g/mol. The summed E-state index contributed by atoms with van der Waals surface area (Å²) in [6.07, 6.45) is -0.941. The first-order chi connectivity index (χ1) is 12.0. The lowest BCUT2D eigenvalue weighted by Crippen LogP contribution is -2.49. The average Bonchev–Trinajstić information content (AvgIpc) is 2.61. The molecule has 0 radical (unpaired) electrons. The van der Waals surface area contributed by atoms with Gasteiger partial charge in [-0.3, -0.25) is 4.79 Å². The van der Waals surface area contributed by atoms with Crippen LogP contribution in [0.5, 0.6) is 11.5 Å². The molecule has 0 saturated heterocycles. The fourth-order valence-electron chi connectivity index (χ4n) is 2.65. The van der Waals surface area contributed by atoms with Gasteiger partial charge in [-0.15, -0.1) is 11.8 Å². The number of amides is 1. The fraction of sp³-hybridized carbons (Fsp3) is 0.350. The van der Waals surface area contributed by atoms with Gasteiger partial charge in [-0.2, -0.15) is 0 Å². The number of carbonyl (C=O) groups excluding carboxylic acids is 1. The smallest absolute Gasteiger partial charge is 0.265 e. The van der Waals surface area contributed by atoms with Crippen LogP contribution in [0.3, 0.4) is 0 Å². The zero-order valence-electron chi connectivity index (χ0n) is 14.7. The molecule has 0 saturated carbocycles. The predicted molar refractivity (Wildman–Crippen MR) is 101 cm³/mol. The molecule has 0 bridgehead atoms. The molecule has 5 heteroatoms. The predicted octanol–water partition coefficient (Wildman–Crippen LogP) is 3.74. The Bertz CT molecular complexity index is 762. The van der Waals surface area contributed by atoms with Crippen LogP contribution in [-0.2, 0) is 4.79 Å². The van der Waals surface area contributed by atoms with Gasteiger partial charge in [0.25, 0.3) is 5.91 Å². The van der Waals surface area contributed by atoms with Crippen molar-refractivity contribution in [3.8, 4) is 11.5 Å². The number of nitrogens with one attached hydrogen (secondary N) is 1. The summed E-state index contributed by atoms with van der Waals surface area (Å²) in [5.41, 5.74) is 2.58. The maximum Gasteiger partial charge on any atom is 0.265 e. The summed E-state index contributed by atoms with van der Waals surface area (Å²) in [4.78, 5) is 13.6. The van der Waals surface area contributed by atoms with Crippen molar-refractivity contribution >= 4 is 17.7 Å². The van der Waals surface area contributed by atoms with Gasteiger partial charge in [0.15, 0.2) is 11.5 Å². The highest BCUT2D eigenvalue weighted by Gasteiger charge is 2.33. The number of hydrogen-bond donors (Lipinski definition) is 1. The third-order valence-electron chi connectivity index (χ3n) is 4.25. The normalized spacial score (nSPS) is 18.7. The van der Waals surface area contributed by atoms with E-state index in [0.717, 1.165) is 5.75 Å². The van der Waals surface area contributed by atoms with Crippen LogP contribution in [0.15, 0.2) is 47.4 Å². The van der Waals surface area contributed by atoms with Crippen molar-refractivity contribution < 1.29 is 14.3 Å². The molecule has 3 rings (SSSR count). The second-order valence-electron chi connectivity index (χ2n) is 6.19. The molecule has 25 heavy (non-hydrogen) atoms. The molecule has 0 aliphatic carbocycles. The van der Waals surface area contributed by atoms with E-state index in [2.05, 4.69) is 37.4 Å². The van der Waals surface area contributed by atoms with Gasteiger partial charge in [-0.1, -0.05) is 18.2 Å². The van der Waals surface area contributed by atoms with Gasteiger partial charge in [0, 0.05) is 17.2 Å². The van der Waals surface area contributed by atoms with E-state index in [-0.39, 0.29) is 12.0 Å². The Balaban J connectivity index is 1.48. The molecule has 1 heterocycles. The topological polar surface area (TPSA) is 47.6 Å². The van der Waals surface area contributed by atoms with E-state index in [1.165, 1.54) is 16.0 Å². The van der Waals surface area contributed by atoms with Crippen LogP contribution in [0.25, 0.3) is 0 Å². The molecule has 4 nitrogen and oxygen atoms in total. The molecule has 0 aromatic heterocycles. The molecular formula is C20H23NO3S. The molecule has 0 fully saturated rings. The van der Waals surface area contributed by atoms with Crippen molar-refractivity contribution in [3.05, 3.63) is 53.6 Å². The lowest BCUT2D eigenvalue weighted by atomic mass is 10.1. The van der Waals surface area contributed by atoms with E-state index in [1.807, 2.05) is 31.2 Å². The second kappa shape index (κ2) is 7.83. The molecule has 2 atom stereocenters. The van der Waals surface area contributed by atoms with Crippen molar-refractivity contribution in [1.82, 2.24) is 5.32 Å². The first-order valence-corrected chi connectivity index (χ1v) is 9.43. The number of benzene rings is 2. The Kier molecular flexibility index (Phi) is 5.53. The molecule has 1 aliphatic rings. The van der Waals surface area contributed by atoms with E-state index in [9.17, 15) is 4.79 Å². The Morgan fingerprint density at radius 2 is 1.80 bits per heavy atom. The summed E-state index contributed by atoms with van der Waals surface area (Å²) < 4.78 is 11.6. The summed E-state index contributed by atoms with van der Waals surface area (Å²) in [6.45, 7) is 6.66. The van der Waals surface area contributed by atoms with Crippen molar-refractivity contribution in [2.24, 2.45) is 0 Å².